The molecule has 1 aromatic rings. The number of anilines is 2. The molecular formula is C14H22ClN5. The predicted octanol–water partition coefficient (Wildman–Crippen LogP) is 2.46. The summed E-state index contributed by atoms with van der Waals surface area (Å²) in [5.41, 5.74) is 0. The van der Waals surface area contributed by atoms with Crippen LogP contribution in [-0.2, 0) is 0 Å². The summed E-state index contributed by atoms with van der Waals surface area (Å²) in [4.78, 5) is 16.9. The van der Waals surface area contributed by atoms with Crippen LogP contribution in [0.5, 0.6) is 0 Å². The van der Waals surface area contributed by atoms with Crippen molar-refractivity contribution < 1.29 is 0 Å². The lowest BCUT2D eigenvalue weighted by Crippen LogP contribution is -2.30. The van der Waals surface area contributed by atoms with Crippen molar-refractivity contribution in [1.82, 2.24) is 15.0 Å². The van der Waals surface area contributed by atoms with Crippen molar-refractivity contribution in [3.63, 3.8) is 0 Å². The molecule has 1 heterocycles. The third-order valence-corrected chi connectivity index (χ3v) is 4.89. The summed E-state index contributed by atoms with van der Waals surface area (Å²) < 4.78 is 0. The van der Waals surface area contributed by atoms with Gasteiger partial charge in [-0.3, -0.25) is 0 Å². The standard InChI is InChI=1S/C14H22ClN5/c1-19(2)13-16-12(15)17-14(18-13)20(3)8-11-7-9-4-5-10(11)6-9/h9-11H,4-8H2,1-3H3. The molecule has 2 saturated carbocycles. The topological polar surface area (TPSA) is 45.2 Å². The van der Waals surface area contributed by atoms with E-state index in [2.05, 4.69) is 26.9 Å². The third-order valence-electron chi connectivity index (χ3n) is 4.72. The molecule has 110 valence electrons. The zero-order valence-corrected chi connectivity index (χ0v) is 13.1. The molecule has 20 heavy (non-hydrogen) atoms. The highest BCUT2D eigenvalue weighted by Gasteiger charge is 2.39. The Labute approximate surface area is 125 Å². The second-order valence-electron chi connectivity index (χ2n) is 6.41. The van der Waals surface area contributed by atoms with Gasteiger partial charge in [-0.05, 0) is 48.6 Å². The molecule has 5 nitrogen and oxygen atoms in total. The highest BCUT2D eigenvalue weighted by molar-refractivity contribution is 6.28. The average Bonchev–Trinajstić information content (AvgIpc) is 3.00. The zero-order valence-electron chi connectivity index (χ0n) is 12.4. The fraction of sp³-hybridized carbons (Fsp3) is 0.786. The molecule has 1 aromatic heterocycles. The quantitative estimate of drug-likeness (QED) is 0.854. The number of nitrogens with zero attached hydrogens (tertiary/aromatic N) is 5. The molecule has 3 atom stereocenters. The van der Waals surface area contributed by atoms with Crippen molar-refractivity contribution in [2.24, 2.45) is 17.8 Å². The van der Waals surface area contributed by atoms with E-state index in [4.69, 9.17) is 11.6 Å². The Morgan fingerprint density at radius 2 is 1.80 bits per heavy atom. The number of rotatable bonds is 4. The van der Waals surface area contributed by atoms with Crippen LogP contribution in [0.25, 0.3) is 0 Å². The first-order chi connectivity index (χ1) is 9.52. The molecule has 0 N–H and O–H groups in total. The molecule has 0 radical (unpaired) electrons. The van der Waals surface area contributed by atoms with Crippen LogP contribution in [0, 0.1) is 17.8 Å². The summed E-state index contributed by atoms with van der Waals surface area (Å²) >= 11 is 6.00. The SMILES string of the molecule is CN(C)c1nc(Cl)nc(N(C)CC2CC3CCC2C3)n1. The van der Waals surface area contributed by atoms with Gasteiger partial charge in [0.15, 0.2) is 0 Å². The second kappa shape index (κ2) is 5.35. The minimum atomic E-state index is 0.262. The van der Waals surface area contributed by atoms with Crippen LogP contribution in [0.15, 0.2) is 0 Å². The second-order valence-corrected chi connectivity index (χ2v) is 6.75. The lowest BCUT2D eigenvalue weighted by Gasteiger charge is -2.27. The summed E-state index contributed by atoms with van der Waals surface area (Å²) in [5, 5.41) is 0.262. The van der Waals surface area contributed by atoms with Crippen LogP contribution in [-0.4, -0.2) is 42.6 Å². The maximum absolute atomic E-state index is 6.00. The Kier molecular flexibility index (Phi) is 3.71. The third kappa shape index (κ3) is 2.68. The Morgan fingerprint density at radius 1 is 1.05 bits per heavy atom. The van der Waals surface area contributed by atoms with E-state index in [0.717, 1.165) is 24.3 Å². The van der Waals surface area contributed by atoms with E-state index in [1.807, 2.05) is 19.0 Å². The maximum Gasteiger partial charge on any atom is 0.231 e. The van der Waals surface area contributed by atoms with Gasteiger partial charge in [0.2, 0.25) is 17.2 Å². The van der Waals surface area contributed by atoms with Gasteiger partial charge in [0, 0.05) is 27.7 Å². The Morgan fingerprint density at radius 3 is 2.40 bits per heavy atom. The van der Waals surface area contributed by atoms with Gasteiger partial charge in [-0.1, -0.05) is 6.42 Å². The van der Waals surface area contributed by atoms with Crippen LogP contribution in [0.3, 0.4) is 0 Å². The fourth-order valence-electron chi connectivity index (χ4n) is 3.73. The first-order valence-corrected chi connectivity index (χ1v) is 7.70. The fourth-order valence-corrected chi connectivity index (χ4v) is 3.88. The number of hydrogen-bond donors (Lipinski definition) is 0. The first kappa shape index (κ1) is 13.9. The number of fused-ring (bicyclic) bond motifs is 2. The van der Waals surface area contributed by atoms with Crippen molar-refractivity contribution in [3.8, 4) is 0 Å². The van der Waals surface area contributed by atoms with Gasteiger partial charge in [-0.25, -0.2) is 0 Å². The molecule has 2 aliphatic rings. The van der Waals surface area contributed by atoms with Gasteiger partial charge in [0.05, 0.1) is 0 Å². The minimum absolute atomic E-state index is 0.262. The molecule has 0 amide bonds. The van der Waals surface area contributed by atoms with E-state index in [1.54, 1.807) is 0 Å². The van der Waals surface area contributed by atoms with E-state index in [9.17, 15) is 0 Å². The molecule has 6 heteroatoms. The molecular weight excluding hydrogens is 274 g/mol. The van der Waals surface area contributed by atoms with Gasteiger partial charge in [-0.2, -0.15) is 15.0 Å². The highest BCUT2D eigenvalue weighted by Crippen LogP contribution is 2.48. The van der Waals surface area contributed by atoms with Gasteiger partial charge < -0.3 is 9.80 Å². The van der Waals surface area contributed by atoms with Crippen LogP contribution < -0.4 is 9.80 Å². The van der Waals surface area contributed by atoms with Gasteiger partial charge in [0.1, 0.15) is 0 Å². The van der Waals surface area contributed by atoms with E-state index < -0.39 is 0 Å². The monoisotopic (exact) mass is 295 g/mol. The van der Waals surface area contributed by atoms with Crippen molar-refractivity contribution in [2.75, 3.05) is 37.5 Å². The lowest BCUT2D eigenvalue weighted by molar-refractivity contribution is 0.336. The van der Waals surface area contributed by atoms with E-state index >= 15 is 0 Å². The largest absolute Gasteiger partial charge is 0.347 e. The Hall–Kier alpha value is -1.10. The van der Waals surface area contributed by atoms with E-state index in [-0.39, 0.29) is 5.28 Å². The van der Waals surface area contributed by atoms with Crippen molar-refractivity contribution in [3.05, 3.63) is 5.28 Å². The predicted molar refractivity (Wildman–Crippen MR) is 81.4 cm³/mol. The van der Waals surface area contributed by atoms with Crippen LogP contribution in [0.2, 0.25) is 5.28 Å². The molecule has 0 aliphatic heterocycles. The van der Waals surface area contributed by atoms with E-state index in [0.29, 0.717) is 11.9 Å². The molecule has 0 saturated heterocycles. The summed E-state index contributed by atoms with van der Waals surface area (Å²) in [6, 6.07) is 0. The first-order valence-electron chi connectivity index (χ1n) is 7.33. The highest BCUT2D eigenvalue weighted by atomic mass is 35.5. The molecule has 2 bridgehead atoms. The van der Waals surface area contributed by atoms with Gasteiger partial charge in [-0.15, -0.1) is 0 Å². The Balaban J connectivity index is 1.72. The number of aromatic nitrogens is 3. The molecule has 2 aliphatic carbocycles. The molecule has 0 aromatic carbocycles. The lowest BCUT2D eigenvalue weighted by atomic mass is 9.88. The van der Waals surface area contributed by atoms with Gasteiger partial charge >= 0.3 is 0 Å². The summed E-state index contributed by atoms with van der Waals surface area (Å²) in [7, 11) is 5.87. The summed E-state index contributed by atoms with van der Waals surface area (Å²) in [6.07, 6.45) is 5.64. The van der Waals surface area contributed by atoms with E-state index in [1.165, 1.54) is 25.7 Å². The van der Waals surface area contributed by atoms with Crippen LogP contribution in [0.4, 0.5) is 11.9 Å². The van der Waals surface area contributed by atoms with Crippen molar-refractivity contribution in [1.29, 1.82) is 0 Å². The van der Waals surface area contributed by atoms with Gasteiger partial charge in [0.25, 0.3) is 0 Å². The summed E-state index contributed by atoms with van der Waals surface area (Å²) in [6.45, 7) is 1.02. The van der Waals surface area contributed by atoms with Crippen LogP contribution in [0.1, 0.15) is 25.7 Å². The molecule has 2 fully saturated rings. The van der Waals surface area contributed by atoms with Crippen molar-refractivity contribution >= 4 is 23.5 Å². The van der Waals surface area contributed by atoms with Crippen LogP contribution >= 0.6 is 11.6 Å². The zero-order chi connectivity index (χ0) is 14.3. The number of halogens is 1. The smallest absolute Gasteiger partial charge is 0.231 e. The number of hydrogen-bond acceptors (Lipinski definition) is 5. The minimum Gasteiger partial charge on any atom is -0.347 e. The Bertz CT molecular complexity index is 492. The summed E-state index contributed by atoms with van der Waals surface area (Å²) in [5.74, 6) is 3.96. The van der Waals surface area contributed by atoms with Crippen molar-refractivity contribution in [2.45, 2.75) is 25.7 Å². The maximum atomic E-state index is 6.00. The molecule has 0 spiro atoms. The molecule has 3 unspecified atom stereocenters. The normalized spacial score (nSPS) is 27.9. The molecule has 3 rings (SSSR count). The average molecular weight is 296 g/mol.